The number of Topliss-reactive ketones (excluding diaryl/α,β-unsaturated/α-hetero) is 1. The highest BCUT2D eigenvalue weighted by Crippen LogP contribution is 2.44. The topological polar surface area (TPSA) is 79.7 Å². The van der Waals surface area contributed by atoms with Crippen molar-refractivity contribution in [1.29, 1.82) is 0 Å². The zero-order valence-corrected chi connectivity index (χ0v) is 22.2. The molecule has 0 saturated carbocycles. The zero-order valence-electron chi connectivity index (χ0n) is 20.6. The number of ether oxygens (including phenoxy) is 1. The van der Waals surface area contributed by atoms with Crippen molar-refractivity contribution in [3.05, 3.63) is 93.5 Å². The lowest BCUT2D eigenvalue weighted by molar-refractivity contribution is -0.132. The minimum absolute atomic E-state index is 0.0227. The van der Waals surface area contributed by atoms with Gasteiger partial charge in [-0.3, -0.25) is 14.5 Å². The Morgan fingerprint density at radius 1 is 1.11 bits per heavy atom. The highest BCUT2D eigenvalue weighted by Gasteiger charge is 2.48. The van der Waals surface area contributed by atoms with E-state index in [1.54, 1.807) is 36.4 Å². The number of aliphatic hydroxyl groups is 1. The first-order valence-electron chi connectivity index (χ1n) is 12.0. The fraction of sp³-hybridized carbons (Fsp3) is 0.207. The quantitative estimate of drug-likeness (QED) is 0.164. The monoisotopic (exact) mass is 532 g/mol. The first kappa shape index (κ1) is 25.0. The van der Waals surface area contributed by atoms with Crippen molar-refractivity contribution in [2.75, 3.05) is 11.5 Å². The van der Waals surface area contributed by atoms with Crippen LogP contribution in [-0.4, -0.2) is 28.4 Å². The summed E-state index contributed by atoms with van der Waals surface area (Å²) in [6.07, 6.45) is 0.874. The molecule has 3 aromatic carbocycles. The molecular weight excluding hydrogens is 508 g/mol. The van der Waals surface area contributed by atoms with E-state index in [0.29, 0.717) is 39.2 Å². The van der Waals surface area contributed by atoms with Gasteiger partial charge in [-0.1, -0.05) is 59.7 Å². The second-order valence-corrected chi connectivity index (χ2v) is 10.5. The molecule has 1 atom stereocenters. The lowest BCUT2D eigenvalue weighted by atomic mass is 9.94. The summed E-state index contributed by atoms with van der Waals surface area (Å²) >= 11 is 7.44. The molecule has 1 saturated heterocycles. The maximum absolute atomic E-state index is 13.5. The number of halogens is 1. The number of hydrogen-bond acceptors (Lipinski definition) is 6. The molecule has 0 spiro atoms. The number of hydrogen-bond donors (Lipinski definition) is 1. The molecule has 37 heavy (non-hydrogen) atoms. The highest BCUT2D eigenvalue weighted by molar-refractivity contribution is 7.22. The third-order valence-electron chi connectivity index (χ3n) is 6.26. The van der Waals surface area contributed by atoms with Gasteiger partial charge in [0.15, 0.2) is 5.13 Å². The number of aromatic nitrogens is 1. The molecule has 2 heterocycles. The average Bonchev–Trinajstić information content (AvgIpc) is 3.40. The van der Waals surface area contributed by atoms with Crippen molar-refractivity contribution in [2.45, 2.75) is 33.2 Å². The van der Waals surface area contributed by atoms with Crippen molar-refractivity contribution >= 4 is 55.7 Å². The molecule has 1 aliphatic rings. The van der Waals surface area contributed by atoms with E-state index in [9.17, 15) is 14.7 Å². The van der Waals surface area contributed by atoms with Crippen LogP contribution in [0.15, 0.2) is 66.2 Å². The third kappa shape index (κ3) is 4.61. The van der Waals surface area contributed by atoms with Gasteiger partial charge in [-0.2, -0.15) is 0 Å². The standard InChI is InChI=1S/C29H25ClN2O4S/c1-4-12-36-22-11-8-19(14-17(22)3)26(33)24-25(18-7-5-6-16(2)13-18)32(28(35)27(24)34)29-31-21-10-9-20(30)15-23(21)37-29/h5-11,13-15,25,33H,4,12H2,1-3H3/b26-24+. The van der Waals surface area contributed by atoms with Crippen molar-refractivity contribution in [3.8, 4) is 5.75 Å². The van der Waals surface area contributed by atoms with E-state index in [-0.39, 0.29) is 11.3 Å². The number of fused-ring (bicyclic) bond motifs is 1. The number of ketones is 1. The van der Waals surface area contributed by atoms with Crippen LogP contribution < -0.4 is 9.64 Å². The second-order valence-electron chi connectivity index (χ2n) is 9.02. The molecule has 1 amide bonds. The Morgan fingerprint density at radius 2 is 1.92 bits per heavy atom. The molecule has 0 radical (unpaired) electrons. The lowest BCUT2D eigenvalue weighted by Crippen LogP contribution is -2.29. The van der Waals surface area contributed by atoms with E-state index in [2.05, 4.69) is 4.98 Å². The Bertz CT molecular complexity index is 1580. The lowest BCUT2D eigenvalue weighted by Gasteiger charge is -2.23. The summed E-state index contributed by atoms with van der Waals surface area (Å²) in [5.74, 6) is -1.02. The number of rotatable bonds is 6. The highest BCUT2D eigenvalue weighted by atomic mass is 35.5. The predicted molar refractivity (Wildman–Crippen MR) is 148 cm³/mol. The summed E-state index contributed by atoms with van der Waals surface area (Å²) in [5, 5.41) is 12.4. The number of thiazole rings is 1. The molecule has 1 N–H and O–H groups in total. The van der Waals surface area contributed by atoms with E-state index in [0.717, 1.165) is 22.2 Å². The Labute approximate surface area is 223 Å². The number of benzene rings is 3. The Morgan fingerprint density at radius 3 is 2.65 bits per heavy atom. The molecule has 1 aliphatic heterocycles. The summed E-state index contributed by atoms with van der Waals surface area (Å²) < 4.78 is 6.55. The van der Waals surface area contributed by atoms with Crippen molar-refractivity contribution < 1.29 is 19.4 Å². The summed E-state index contributed by atoms with van der Waals surface area (Å²) in [4.78, 5) is 32.9. The average molecular weight is 533 g/mol. The Kier molecular flexibility index (Phi) is 6.75. The van der Waals surface area contributed by atoms with Crippen LogP contribution >= 0.6 is 22.9 Å². The van der Waals surface area contributed by atoms with Gasteiger partial charge in [0, 0.05) is 10.6 Å². The smallest absolute Gasteiger partial charge is 0.301 e. The Balaban J connectivity index is 1.68. The van der Waals surface area contributed by atoms with Gasteiger partial charge in [0.25, 0.3) is 5.78 Å². The normalized spacial score (nSPS) is 17.1. The third-order valence-corrected chi connectivity index (χ3v) is 7.51. The van der Waals surface area contributed by atoms with Crippen LogP contribution in [0, 0.1) is 13.8 Å². The van der Waals surface area contributed by atoms with E-state index >= 15 is 0 Å². The fourth-order valence-electron chi connectivity index (χ4n) is 4.50. The minimum Gasteiger partial charge on any atom is -0.507 e. The van der Waals surface area contributed by atoms with Gasteiger partial charge >= 0.3 is 5.91 Å². The van der Waals surface area contributed by atoms with E-state index in [1.807, 2.05) is 45.0 Å². The number of amides is 1. The number of carbonyl (C=O) groups excluding carboxylic acids is 2. The van der Waals surface area contributed by atoms with Crippen LogP contribution in [0.2, 0.25) is 5.02 Å². The summed E-state index contributed by atoms with van der Waals surface area (Å²) in [5.41, 5.74) is 3.63. The first-order valence-corrected chi connectivity index (χ1v) is 13.2. The maximum atomic E-state index is 13.5. The molecule has 5 rings (SSSR count). The van der Waals surface area contributed by atoms with E-state index < -0.39 is 17.7 Å². The van der Waals surface area contributed by atoms with E-state index in [1.165, 1.54) is 16.2 Å². The van der Waals surface area contributed by atoms with Gasteiger partial charge in [0.05, 0.1) is 28.4 Å². The van der Waals surface area contributed by atoms with Gasteiger partial charge in [0.2, 0.25) is 0 Å². The molecule has 6 nitrogen and oxygen atoms in total. The number of carbonyl (C=O) groups is 2. The summed E-state index contributed by atoms with van der Waals surface area (Å²) in [7, 11) is 0. The van der Waals surface area contributed by atoms with Crippen molar-refractivity contribution in [1.82, 2.24) is 4.98 Å². The molecule has 8 heteroatoms. The van der Waals surface area contributed by atoms with Crippen molar-refractivity contribution in [3.63, 3.8) is 0 Å². The van der Waals surface area contributed by atoms with Crippen LogP contribution in [0.1, 0.15) is 41.6 Å². The first-order chi connectivity index (χ1) is 17.8. The molecule has 0 bridgehead atoms. The Hall–Kier alpha value is -3.68. The molecule has 4 aromatic rings. The molecule has 1 unspecified atom stereocenters. The van der Waals surface area contributed by atoms with E-state index in [4.69, 9.17) is 16.3 Å². The molecule has 188 valence electrons. The predicted octanol–water partition coefficient (Wildman–Crippen LogP) is 6.98. The SMILES string of the molecule is CCCOc1ccc(/C(O)=C2\C(=O)C(=O)N(c3nc4ccc(Cl)cc4s3)C2c2cccc(C)c2)cc1C. The van der Waals surface area contributed by atoms with Crippen LogP contribution in [-0.2, 0) is 9.59 Å². The summed E-state index contributed by atoms with van der Waals surface area (Å²) in [6, 6.07) is 17.3. The number of nitrogens with zero attached hydrogens (tertiary/aromatic N) is 2. The van der Waals surface area contributed by atoms with Gasteiger partial charge < -0.3 is 9.84 Å². The summed E-state index contributed by atoms with van der Waals surface area (Å²) in [6.45, 7) is 6.43. The van der Waals surface area contributed by atoms with Gasteiger partial charge in [0.1, 0.15) is 11.5 Å². The zero-order chi connectivity index (χ0) is 26.3. The minimum atomic E-state index is -0.841. The number of aliphatic hydroxyl groups excluding tert-OH is 1. The van der Waals surface area contributed by atoms with Gasteiger partial charge in [-0.15, -0.1) is 0 Å². The van der Waals surface area contributed by atoms with Crippen LogP contribution in [0.25, 0.3) is 16.0 Å². The number of anilines is 1. The van der Waals surface area contributed by atoms with Crippen LogP contribution in [0.3, 0.4) is 0 Å². The van der Waals surface area contributed by atoms with Gasteiger partial charge in [-0.25, -0.2) is 4.98 Å². The second kappa shape index (κ2) is 10.00. The van der Waals surface area contributed by atoms with Crippen LogP contribution in [0.5, 0.6) is 5.75 Å². The number of aryl methyl sites for hydroxylation is 2. The van der Waals surface area contributed by atoms with Crippen LogP contribution in [0.4, 0.5) is 5.13 Å². The fourth-order valence-corrected chi connectivity index (χ4v) is 5.77. The van der Waals surface area contributed by atoms with Gasteiger partial charge in [-0.05, 0) is 67.8 Å². The molecule has 1 aromatic heterocycles. The largest absolute Gasteiger partial charge is 0.507 e. The van der Waals surface area contributed by atoms with Crippen molar-refractivity contribution in [2.24, 2.45) is 0 Å². The molecular formula is C29H25ClN2O4S. The molecule has 0 aliphatic carbocycles. The maximum Gasteiger partial charge on any atom is 0.301 e. The molecule has 1 fully saturated rings.